The summed E-state index contributed by atoms with van der Waals surface area (Å²) in [7, 11) is 0. The predicted molar refractivity (Wildman–Crippen MR) is 138 cm³/mol. The van der Waals surface area contributed by atoms with E-state index in [2.05, 4.69) is 51.3 Å². The molecule has 184 valence electrons. The molecular formula is C29H41N3O2. The second-order valence-corrected chi connectivity index (χ2v) is 10.8. The molecule has 34 heavy (non-hydrogen) atoms. The van der Waals surface area contributed by atoms with Crippen molar-refractivity contribution in [1.29, 1.82) is 0 Å². The molecule has 5 nitrogen and oxygen atoms in total. The molecule has 0 unspecified atom stereocenters. The van der Waals surface area contributed by atoms with E-state index in [1.807, 2.05) is 20.8 Å². The van der Waals surface area contributed by atoms with Crippen molar-refractivity contribution in [2.24, 2.45) is 11.8 Å². The first-order chi connectivity index (χ1) is 16.5. The monoisotopic (exact) mass is 463 g/mol. The van der Waals surface area contributed by atoms with Crippen LogP contribution in [0, 0.1) is 11.8 Å². The summed E-state index contributed by atoms with van der Waals surface area (Å²) >= 11 is 0. The van der Waals surface area contributed by atoms with E-state index < -0.39 is 0 Å². The molecular weight excluding hydrogens is 422 g/mol. The number of allylic oxidation sites excluding steroid dienone is 1. The molecule has 5 heteroatoms. The van der Waals surface area contributed by atoms with Gasteiger partial charge in [-0.3, -0.25) is 9.88 Å². The number of rotatable bonds is 8. The molecule has 2 aromatic rings. The zero-order valence-electron chi connectivity index (χ0n) is 21.2. The number of ether oxygens (including phenoxy) is 2. The molecule has 1 saturated heterocycles. The van der Waals surface area contributed by atoms with E-state index >= 15 is 0 Å². The van der Waals surface area contributed by atoms with Crippen LogP contribution in [0.3, 0.4) is 0 Å². The Kier molecular flexibility index (Phi) is 8.60. The summed E-state index contributed by atoms with van der Waals surface area (Å²) in [5.74, 6) is 2.99. The van der Waals surface area contributed by atoms with Crippen molar-refractivity contribution >= 4 is 6.08 Å². The quantitative estimate of drug-likeness (QED) is 0.445. The predicted octanol–water partition coefficient (Wildman–Crippen LogP) is 6.54. The zero-order valence-corrected chi connectivity index (χ0v) is 21.2. The van der Waals surface area contributed by atoms with Crippen LogP contribution in [-0.4, -0.2) is 40.2 Å². The molecule has 0 spiro atoms. The standard InChI is InChI=1S/C29H41N3O2/c1-29(2,3)34-28-26(30-17-18-31-28)21-32-19-15-23(16-20-32)13-14-25-11-7-8-12-27(25)33-22-24-9-5-4-6-10-24/h7-8,11-14,17-18,23-24H,4-6,9-10,15-16,19-22H2,1-3H3. The van der Waals surface area contributed by atoms with Gasteiger partial charge in [-0.05, 0) is 77.4 Å². The third-order valence-electron chi connectivity index (χ3n) is 6.81. The fourth-order valence-electron chi connectivity index (χ4n) is 4.90. The van der Waals surface area contributed by atoms with E-state index in [4.69, 9.17) is 9.47 Å². The van der Waals surface area contributed by atoms with E-state index in [1.54, 1.807) is 12.4 Å². The highest BCUT2D eigenvalue weighted by molar-refractivity contribution is 5.57. The van der Waals surface area contributed by atoms with Crippen molar-refractivity contribution in [2.75, 3.05) is 19.7 Å². The topological polar surface area (TPSA) is 47.5 Å². The summed E-state index contributed by atoms with van der Waals surface area (Å²) in [4.78, 5) is 11.4. The van der Waals surface area contributed by atoms with Crippen LogP contribution in [0.25, 0.3) is 6.08 Å². The van der Waals surface area contributed by atoms with Gasteiger partial charge in [0.05, 0.1) is 6.61 Å². The smallest absolute Gasteiger partial charge is 0.237 e. The van der Waals surface area contributed by atoms with Crippen LogP contribution in [0.5, 0.6) is 11.6 Å². The Balaban J connectivity index is 1.28. The Hall–Kier alpha value is -2.40. The fraction of sp³-hybridized carbons (Fsp3) is 0.586. The lowest BCUT2D eigenvalue weighted by molar-refractivity contribution is 0.117. The number of hydrogen-bond donors (Lipinski definition) is 0. The summed E-state index contributed by atoms with van der Waals surface area (Å²) in [6.07, 6.45) is 17.2. The van der Waals surface area contributed by atoms with Gasteiger partial charge in [0.2, 0.25) is 5.88 Å². The second kappa shape index (κ2) is 11.8. The van der Waals surface area contributed by atoms with Gasteiger partial charge in [0, 0.05) is 24.5 Å². The molecule has 2 fully saturated rings. The minimum absolute atomic E-state index is 0.279. The lowest BCUT2D eigenvalue weighted by Gasteiger charge is -2.31. The minimum Gasteiger partial charge on any atom is -0.493 e. The lowest BCUT2D eigenvalue weighted by Crippen LogP contribution is -2.33. The van der Waals surface area contributed by atoms with Gasteiger partial charge in [-0.1, -0.05) is 49.6 Å². The van der Waals surface area contributed by atoms with Crippen LogP contribution >= 0.6 is 0 Å². The Morgan fingerprint density at radius 1 is 0.971 bits per heavy atom. The molecule has 0 amide bonds. The van der Waals surface area contributed by atoms with Crippen molar-refractivity contribution in [1.82, 2.24) is 14.9 Å². The van der Waals surface area contributed by atoms with Gasteiger partial charge < -0.3 is 9.47 Å². The van der Waals surface area contributed by atoms with E-state index in [9.17, 15) is 0 Å². The molecule has 0 atom stereocenters. The molecule has 2 heterocycles. The van der Waals surface area contributed by atoms with Crippen LogP contribution in [-0.2, 0) is 6.54 Å². The fourth-order valence-corrected chi connectivity index (χ4v) is 4.90. The Bertz CT molecular complexity index is 923. The maximum Gasteiger partial charge on any atom is 0.237 e. The average Bonchev–Trinajstić information content (AvgIpc) is 2.84. The number of likely N-dealkylation sites (tertiary alicyclic amines) is 1. The summed E-state index contributed by atoms with van der Waals surface area (Å²) in [5, 5.41) is 0. The van der Waals surface area contributed by atoms with Crippen LogP contribution < -0.4 is 9.47 Å². The molecule has 2 aliphatic rings. The maximum atomic E-state index is 6.26. The SMILES string of the molecule is CC(C)(C)Oc1nccnc1CN1CCC(C=Cc2ccccc2OCC2CCCCC2)CC1. The van der Waals surface area contributed by atoms with Crippen molar-refractivity contribution in [2.45, 2.75) is 77.9 Å². The summed E-state index contributed by atoms with van der Waals surface area (Å²) in [6.45, 7) is 9.88. The number of benzene rings is 1. The van der Waals surface area contributed by atoms with Crippen molar-refractivity contribution in [3.63, 3.8) is 0 Å². The first kappa shape index (κ1) is 24.7. The molecule has 0 bridgehead atoms. The maximum absolute atomic E-state index is 6.26. The Labute approximate surface area is 205 Å². The highest BCUT2D eigenvalue weighted by atomic mass is 16.5. The number of piperidine rings is 1. The average molecular weight is 464 g/mol. The molecule has 1 aromatic heterocycles. The van der Waals surface area contributed by atoms with Crippen molar-refractivity contribution in [3.05, 3.63) is 54.0 Å². The molecule has 1 aliphatic heterocycles. The molecule has 1 aliphatic carbocycles. The number of aromatic nitrogens is 2. The van der Waals surface area contributed by atoms with E-state index in [1.165, 1.54) is 37.7 Å². The molecule has 1 aromatic carbocycles. The molecule has 1 saturated carbocycles. The normalized spacial score (nSPS) is 18.9. The largest absolute Gasteiger partial charge is 0.493 e. The third kappa shape index (κ3) is 7.56. The Morgan fingerprint density at radius 2 is 1.71 bits per heavy atom. The number of hydrogen-bond acceptors (Lipinski definition) is 5. The molecule has 0 N–H and O–H groups in total. The van der Waals surface area contributed by atoms with Crippen LogP contribution in [0.1, 0.15) is 77.0 Å². The van der Waals surface area contributed by atoms with Crippen LogP contribution in [0.2, 0.25) is 0 Å². The van der Waals surface area contributed by atoms with Gasteiger partial charge >= 0.3 is 0 Å². The van der Waals surface area contributed by atoms with Gasteiger partial charge in [-0.25, -0.2) is 4.98 Å². The highest BCUT2D eigenvalue weighted by Crippen LogP contribution is 2.28. The van der Waals surface area contributed by atoms with E-state index in [0.29, 0.717) is 11.8 Å². The van der Waals surface area contributed by atoms with Gasteiger partial charge in [-0.2, -0.15) is 0 Å². The highest BCUT2D eigenvalue weighted by Gasteiger charge is 2.22. The van der Waals surface area contributed by atoms with Crippen molar-refractivity contribution < 1.29 is 9.47 Å². The van der Waals surface area contributed by atoms with E-state index in [-0.39, 0.29) is 5.60 Å². The first-order valence-corrected chi connectivity index (χ1v) is 13.1. The number of nitrogens with zero attached hydrogens (tertiary/aromatic N) is 3. The number of para-hydroxylation sites is 1. The van der Waals surface area contributed by atoms with Gasteiger partial charge in [0.1, 0.15) is 17.0 Å². The van der Waals surface area contributed by atoms with Crippen molar-refractivity contribution in [3.8, 4) is 11.6 Å². The molecule has 0 radical (unpaired) electrons. The van der Waals surface area contributed by atoms with Crippen LogP contribution in [0.4, 0.5) is 0 Å². The van der Waals surface area contributed by atoms with Gasteiger partial charge in [0.25, 0.3) is 0 Å². The lowest BCUT2D eigenvalue weighted by atomic mass is 9.90. The van der Waals surface area contributed by atoms with Gasteiger partial charge in [0.15, 0.2) is 0 Å². The second-order valence-electron chi connectivity index (χ2n) is 10.8. The molecule has 4 rings (SSSR count). The third-order valence-corrected chi connectivity index (χ3v) is 6.81. The van der Waals surface area contributed by atoms with Gasteiger partial charge in [-0.15, -0.1) is 0 Å². The van der Waals surface area contributed by atoms with Crippen LogP contribution in [0.15, 0.2) is 42.7 Å². The summed E-state index contributed by atoms with van der Waals surface area (Å²) in [6, 6.07) is 8.47. The summed E-state index contributed by atoms with van der Waals surface area (Å²) < 4.78 is 12.3. The minimum atomic E-state index is -0.279. The zero-order chi connectivity index (χ0) is 23.8. The summed E-state index contributed by atoms with van der Waals surface area (Å²) in [5.41, 5.74) is 1.85. The van der Waals surface area contributed by atoms with E-state index in [0.717, 1.165) is 56.4 Å². The first-order valence-electron chi connectivity index (χ1n) is 13.1. The Morgan fingerprint density at radius 3 is 2.47 bits per heavy atom.